The molecule has 3 aromatic rings. The van der Waals surface area contributed by atoms with Crippen LogP contribution in [0.15, 0.2) is 23.7 Å². The summed E-state index contributed by atoms with van der Waals surface area (Å²) in [5.74, 6) is -0.897. The van der Waals surface area contributed by atoms with Crippen LogP contribution in [0.25, 0.3) is 11.0 Å². The number of rotatable bonds is 4. The van der Waals surface area contributed by atoms with E-state index >= 15 is 0 Å². The highest BCUT2D eigenvalue weighted by atomic mass is 32.1. The Bertz CT molecular complexity index is 822. The van der Waals surface area contributed by atoms with Gasteiger partial charge >= 0.3 is 5.97 Å². The number of pyridine rings is 1. The fourth-order valence-electron chi connectivity index (χ4n) is 2.18. The summed E-state index contributed by atoms with van der Waals surface area (Å²) in [5, 5.41) is 19.2. The number of carbonyl (C=O) groups is 1. The number of aromatic carboxylic acids is 1. The van der Waals surface area contributed by atoms with Crippen LogP contribution in [0.3, 0.4) is 0 Å². The Kier molecular flexibility index (Phi) is 3.34. The zero-order chi connectivity index (χ0) is 15.0. The van der Waals surface area contributed by atoms with E-state index in [-0.39, 0.29) is 0 Å². The molecular formula is C14H14N4O2S. The van der Waals surface area contributed by atoms with Gasteiger partial charge in [0.05, 0.1) is 23.1 Å². The Morgan fingerprint density at radius 2 is 2.29 bits per heavy atom. The third kappa shape index (κ3) is 2.59. The van der Waals surface area contributed by atoms with Crippen molar-refractivity contribution >= 4 is 34.0 Å². The highest BCUT2D eigenvalue weighted by molar-refractivity contribution is 7.10. The molecule has 0 saturated carbocycles. The second-order valence-electron chi connectivity index (χ2n) is 4.76. The average molecular weight is 302 g/mol. The van der Waals surface area contributed by atoms with E-state index in [9.17, 15) is 4.79 Å². The minimum absolute atomic E-state index is 0.327. The van der Waals surface area contributed by atoms with Crippen molar-refractivity contribution < 1.29 is 9.90 Å². The lowest BCUT2D eigenvalue weighted by molar-refractivity contribution is 0.0697. The summed E-state index contributed by atoms with van der Waals surface area (Å²) in [6.07, 6.45) is 1.76. The number of nitrogens with zero attached hydrogens (tertiary/aromatic N) is 3. The number of hydrogen-bond donors (Lipinski definition) is 2. The Morgan fingerprint density at radius 3 is 3.00 bits per heavy atom. The molecule has 0 aliphatic heterocycles. The Hall–Kier alpha value is -2.41. The van der Waals surface area contributed by atoms with Crippen molar-refractivity contribution in [2.75, 3.05) is 5.32 Å². The van der Waals surface area contributed by atoms with Crippen molar-refractivity contribution in [1.82, 2.24) is 14.8 Å². The van der Waals surface area contributed by atoms with E-state index < -0.39 is 5.97 Å². The summed E-state index contributed by atoms with van der Waals surface area (Å²) >= 11 is 1.43. The van der Waals surface area contributed by atoms with Gasteiger partial charge in [0.2, 0.25) is 0 Å². The van der Waals surface area contributed by atoms with Gasteiger partial charge in [-0.3, -0.25) is 4.68 Å². The van der Waals surface area contributed by atoms with E-state index in [1.807, 2.05) is 20.0 Å². The van der Waals surface area contributed by atoms with Crippen LogP contribution < -0.4 is 5.32 Å². The molecule has 0 spiro atoms. The molecule has 3 heterocycles. The number of thiophene rings is 1. The normalized spacial score (nSPS) is 11.0. The topological polar surface area (TPSA) is 80.0 Å². The third-order valence-corrected chi connectivity index (χ3v) is 4.17. The lowest BCUT2D eigenvalue weighted by Gasteiger charge is -2.04. The van der Waals surface area contributed by atoms with Gasteiger partial charge in [-0.2, -0.15) is 5.10 Å². The molecule has 21 heavy (non-hydrogen) atoms. The van der Waals surface area contributed by atoms with Crippen LogP contribution in [-0.4, -0.2) is 25.8 Å². The molecular weight excluding hydrogens is 288 g/mol. The number of anilines is 1. The van der Waals surface area contributed by atoms with Crippen molar-refractivity contribution in [2.45, 2.75) is 13.5 Å². The third-order valence-electron chi connectivity index (χ3n) is 3.23. The minimum Gasteiger partial charge on any atom is -0.478 e. The van der Waals surface area contributed by atoms with Crippen LogP contribution in [-0.2, 0) is 13.6 Å². The van der Waals surface area contributed by atoms with Crippen molar-refractivity contribution in [3.05, 3.63) is 39.8 Å². The fraction of sp³-hybridized carbons (Fsp3) is 0.214. The molecule has 0 unspecified atom stereocenters. The highest BCUT2D eigenvalue weighted by Crippen LogP contribution is 2.21. The largest absolute Gasteiger partial charge is 0.478 e. The number of fused-ring (bicyclic) bond motifs is 1. The molecule has 0 bridgehead atoms. The maximum absolute atomic E-state index is 10.8. The van der Waals surface area contributed by atoms with Gasteiger partial charge in [-0.25, -0.2) is 9.78 Å². The summed E-state index contributed by atoms with van der Waals surface area (Å²) in [6, 6.07) is 3.69. The first kappa shape index (κ1) is 13.6. The Labute approximate surface area is 125 Å². The SMILES string of the molecule is Cc1nn(C)c2ncc(NCc3cc(C(=O)O)cs3)cc12. The molecule has 0 saturated heterocycles. The van der Waals surface area contributed by atoms with E-state index in [0.29, 0.717) is 12.1 Å². The molecule has 0 aliphatic rings. The molecule has 108 valence electrons. The maximum Gasteiger partial charge on any atom is 0.336 e. The first-order valence-corrected chi connectivity index (χ1v) is 7.26. The molecule has 0 fully saturated rings. The minimum atomic E-state index is -0.897. The standard InChI is InChI=1S/C14H14N4O2S/c1-8-12-4-10(5-16-13(12)18(2)17-8)15-6-11-3-9(7-21-11)14(19)20/h3-5,7,15H,6H2,1-2H3,(H,19,20). The number of hydrogen-bond acceptors (Lipinski definition) is 5. The van der Waals surface area contributed by atoms with Gasteiger partial charge in [-0.05, 0) is 19.1 Å². The maximum atomic E-state index is 10.8. The number of aromatic nitrogens is 3. The molecule has 7 heteroatoms. The first-order valence-electron chi connectivity index (χ1n) is 6.38. The second-order valence-corrected chi connectivity index (χ2v) is 5.76. The Balaban J connectivity index is 1.78. The fourth-order valence-corrected chi connectivity index (χ4v) is 2.98. The molecule has 3 aromatic heterocycles. The van der Waals surface area contributed by atoms with Crippen LogP contribution in [0.4, 0.5) is 5.69 Å². The van der Waals surface area contributed by atoms with Crippen LogP contribution in [0.5, 0.6) is 0 Å². The van der Waals surface area contributed by atoms with E-state index in [1.54, 1.807) is 22.3 Å². The summed E-state index contributed by atoms with van der Waals surface area (Å²) in [7, 11) is 1.87. The lowest BCUT2D eigenvalue weighted by Crippen LogP contribution is -1.99. The molecule has 6 nitrogen and oxygen atoms in total. The van der Waals surface area contributed by atoms with Crippen molar-refractivity contribution in [3.8, 4) is 0 Å². The molecule has 0 radical (unpaired) electrons. The van der Waals surface area contributed by atoms with E-state index in [0.717, 1.165) is 27.3 Å². The number of nitrogens with one attached hydrogen (secondary N) is 1. The number of carboxylic acid groups (broad SMARTS) is 1. The van der Waals surface area contributed by atoms with Crippen LogP contribution >= 0.6 is 11.3 Å². The Morgan fingerprint density at radius 1 is 1.48 bits per heavy atom. The summed E-state index contributed by atoms with van der Waals surface area (Å²) < 4.78 is 1.76. The summed E-state index contributed by atoms with van der Waals surface area (Å²) in [4.78, 5) is 16.2. The number of aryl methyl sites for hydroxylation is 2. The van der Waals surface area contributed by atoms with Gasteiger partial charge in [-0.1, -0.05) is 0 Å². The molecule has 0 atom stereocenters. The van der Waals surface area contributed by atoms with Gasteiger partial charge in [0.1, 0.15) is 0 Å². The van der Waals surface area contributed by atoms with Gasteiger partial charge in [0.25, 0.3) is 0 Å². The van der Waals surface area contributed by atoms with Crippen molar-refractivity contribution in [3.63, 3.8) is 0 Å². The summed E-state index contributed by atoms with van der Waals surface area (Å²) in [6.45, 7) is 2.52. The van der Waals surface area contributed by atoms with Gasteiger partial charge < -0.3 is 10.4 Å². The smallest absolute Gasteiger partial charge is 0.336 e. The van der Waals surface area contributed by atoms with Gasteiger partial charge in [0.15, 0.2) is 5.65 Å². The predicted octanol–water partition coefficient (Wildman–Crippen LogP) is 2.65. The van der Waals surface area contributed by atoms with E-state index in [2.05, 4.69) is 15.4 Å². The van der Waals surface area contributed by atoms with Gasteiger partial charge in [0, 0.05) is 29.2 Å². The molecule has 2 N–H and O–H groups in total. The molecule has 0 aliphatic carbocycles. The first-order chi connectivity index (χ1) is 10.0. The van der Waals surface area contributed by atoms with Crippen LogP contribution in [0.1, 0.15) is 20.9 Å². The van der Waals surface area contributed by atoms with E-state index in [4.69, 9.17) is 5.11 Å². The lowest BCUT2D eigenvalue weighted by atomic mass is 10.2. The summed E-state index contributed by atoms with van der Waals surface area (Å²) in [5.41, 5.74) is 3.01. The number of carboxylic acids is 1. The van der Waals surface area contributed by atoms with Gasteiger partial charge in [-0.15, -0.1) is 11.3 Å². The second kappa shape index (κ2) is 5.17. The van der Waals surface area contributed by atoms with Crippen LogP contribution in [0.2, 0.25) is 0 Å². The molecule has 0 amide bonds. The van der Waals surface area contributed by atoms with Crippen molar-refractivity contribution in [1.29, 1.82) is 0 Å². The predicted molar refractivity (Wildman–Crippen MR) is 81.9 cm³/mol. The molecule has 0 aromatic carbocycles. The highest BCUT2D eigenvalue weighted by Gasteiger charge is 2.08. The monoisotopic (exact) mass is 302 g/mol. The van der Waals surface area contributed by atoms with Crippen molar-refractivity contribution in [2.24, 2.45) is 7.05 Å². The van der Waals surface area contributed by atoms with E-state index in [1.165, 1.54) is 11.3 Å². The zero-order valence-corrected chi connectivity index (χ0v) is 12.4. The average Bonchev–Trinajstić information content (AvgIpc) is 3.03. The quantitative estimate of drug-likeness (QED) is 0.774. The zero-order valence-electron chi connectivity index (χ0n) is 11.6. The van der Waals surface area contributed by atoms with Crippen LogP contribution in [0, 0.1) is 6.92 Å². The molecule has 3 rings (SSSR count).